The molecule has 22 heavy (non-hydrogen) atoms. The number of halogens is 1. The van der Waals surface area contributed by atoms with Crippen molar-refractivity contribution in [3.8, 4) is 0 Å². The first-order valence-corrected chi connectivity index (χ1v) is 6.73. The average Bonchev–Trinajstić information content (AvgIpc) is 2.84. The molecule has 1 aromatic carbocycles. The van der Waals surface area contributed by atoms with Gasteiger partial charge in [-0.3, -0.25) is 0 Å². The van der Waals surface area contributed by atoms with Crippen molar-refractivity contribution in [3.05, 3.63) is 41.2 Å². The Balaban J connectivity index is 2.06. The molecule has 0 spiro atoms. The highest BCUT2D eigenvalue weighted by Gasteiger charge is 2.12. The van der Waals surface area contributed by atoms with Gasteiger partial charge < -0.3 is 21.8 Å². The fourth-order valence-electron chi connectivity index (χ4n) is 2.05. The molecule has 8 nitrogen and oxygen atoms in total. The van der Waals surface area contributed by atoms with Crippen LogP contribution in [0.3, 0.4) is 0 Å². The van der Waals surface area contributed by atoms with E-state index in [4.69, 9.17) is 28.8 Å². The second-order valence-corrected chi connectivity index (χ2v) is 5.05. The Hall–Kier alpha value is -2.87. The first-order valence-electron chi connectivity index (χ1n) is 6.35. The molecule has 2 aromatic heterocycles. The monoisotopic (exact) mass is 316 g/mol. The summed E-state index contributed by atoms with van der Waals surface area (Å²) in [5.41, 5.74) is 18.6. The third kappa shape index (κ3) is 2.77. The Kier molecular flexibility index (Phi) is 3.51. The fourth-order valence-corrected chi connectivity index (χ4v) is 2.17. The lowest BCUT2D eigenvalue weighted by molar-refractivity contribution is 0.814. The minimum atomic E-state index is -0.119. The maximum atomic E-state index is 5.88. The predicted molar refractivity (Wildman–Crippen MR) is 85.8 cm³/mol. The Morgan fingerprint density at radius 2 is 1.91 bits per heavy atom. The Bertz CT molecular complexity index is 848. The van der Waals surface area contributed by atoms with Crippen LogP contribution in [0.1, 0.15) is 5.56 Å². The zero-order chi connectivity index (χ0) is 15.7. The number of nitrogens with two attached hydrogens (primary N) is 3. The summed E-state index contributed by atoms with van der Waals surface area (Å²) in [6.45, 7) is 0.561. The number of imidazole rings is 1. The summed E-state index contributed by atoms with van der Waals surface area (Å²) < 4.78 is 1.84. The molecule has 0 saturated heterocycles. The van der Waals surface area contributed by atoms with E-state index < -0.39 is 0 Å². The van der Waals surface area contributed by atoms with Gasteiger partial charge in [0.25, 0.3) is 0 Å². The molecule has 2 heterocycles. The summed E-state index contributed by atoms with van der Waals surface area (Å²) in [4.78, 5) is 16.4. The molecule has 0 fully saturated rings. The first-order chi connectivity index (χ1) is 10.5. The summed E-state index contributed by atoms with van der Waals surface area (Å²) in [6.07, 6.45) is 1.64. The Labute approximate surface area is 130 Å². The van der Waals surface area contributed by atoms with Gasteiger partial charge in [-0.25, -0.2) is 4.98 Å². The van der Waals surface area contributed by atoms with Gasteiger partial charge in [0.1, 0.15) is 0 Å². The second kappa shape index (κ2) is 5.49. The Morgan fingerprint density at radius 1 is 1.18 bits per heavy atom. The molecule has 112 valence electrons. The number of anilines is 1. The van der Waals surface area contributed by atoms with E-state index in [1.54, 1.807) is 6.33 Å². The Morgan fingerprint density at radius 3 is 2.59 bits per heavy atom. The van der Waals surface area contributed by atoms with Gasteiger partial charge in [-0.15, -0.1) is 0 Å². The molecule has 0 unspecified atom stereocenters. The molecule has 3 rings (SSSR count). The van der Waals surface area contributed by atoms with Crippen molar-refractivity contribution in [2.24, 2.45) is 16.5 Å². The number of hydrogen-bond donors (Lipinski definition) is 3. The quantitative estimate of drug-likeness (QED) is 0.487. The van der Waals surface area contributed by atoms with Crippen LogP contribution in [-0.4, -0.2) is 25.5 Å². The van der Waals surface area contributed by atoms with Gasteiger partial charge in [-0.1, -0.05) is 23.7 Å². The molecule has 0 saturated carbocycles. The van der Waals surface area contributed by atoms with Gasteiger partial charge >= 0.3 is 0 Å². The van der Waals surface area contributed by atoms with Crippen LogP contribution in [-0.2, 0) is 6.54 Å². The smallest absolute Gasteiger partial charge is 0.224 e. The van der Waals surface area contributed by atoms with Gasteiger partial charge in [0.2, 0.25) is 5.95 Å². The first kappa shape index (κ1) is 14.1. The fraction of sp³-hybridized carbons (Fsp3) is 0.0769. The van der Waals surface area contributed by atoms with Crippen molar-refractivity contribution in [3.63, 3.8) is 0 Å². The SMILES string of the molecule is NC(N)=Nc1nc(N)nc2c1ncn2Cc1ccc(Cl)cc1. The van der Waals surface area contributed by atoms with Crippen molar-refractivity contribution < 1.29 is 0 Å². The molecular weight excluding hydrogens is 304 g/mol. The van der Waals surface area contributed by atoms with E-state index in [-0.39, 0.29) is 17.7 Å². The van der Waals surface area contributed by atoms with Crippen LogP contribution in [0.4, 0.5) is 11.8 Å². The van der Waals surface area contributed by atoms with Crippen LogP contribution in [0.2, 0.25) is 5.02 Å². The maximum Gasteiger partial charge on any atom is 0.224 e. The lowest BCUT2D eigenvalue weighted by atomic mass is 10.2. The minimum Gasteiger partial charge on any atom is -0.370 e. The van der Waals surface area contributed by atoms with Gasteiger partial charge in [-0.05, 0) is 17.7 Å². The molecule has 0 aliphatic rings. The summed E-state index contributed by atoms with van der Waals surface area (Å²) in [5.74, 6) is 0.203. The van der Waals surface area contributed by atoms with E-state index in [0.717, 1.165) is 5.56 Å². The van der Waals surface area contributed by atoms with Gasteiger partial charge in [-0.2, -0.15) is 15.0 Å². The average molecular weight is 317 g/mol. The molecule has 0 radical (unpaired) electrons. The van der Waals surface area contributed by atoms with Crippen molar-refractivity contribution in [1.82, 2.24) is 19.5 Å². The second-order valence-electron chi connectivity index (χ2n) is 4.61. The number of guanidine groups is 1. The molecule has 0 atom stereocenters. The summed E-state index contributed by atoms with van der Waals surface area (Å²) in [5, 5.41) is 0.681. The summed E-state index contributed by atoms with van der Waals surface area (Å²) in [6, 6.07) is 7.50. The van der Waals surface area contributed by atoms with Crippen LogP contribution in [0.15, 0.2) is 35.6 Å². The number of nitrogen functional groups attached to an aromatic ring is 1. The lowest BCUT2D eigenvalue weighted by Crippen LogP contribution is -2.22. The van der Waals surface area contributed by atoms with Gasteiger partial charge in [0.05, 0.1) is 12.9 Å². The van der Waals surface area contributed by atoms with Crippen molar-refractivity contribution in [1.29, 1.82) is 0 Å². The number of fused-ring (bicyclic) bond motifs is 1. The molecule has 0 aliphatic heterocycles. The predicted octanol–water partition coefficient (Wildman–Crippen LogP) is 1.02. The lowest BCUT2D eigenvalue weighted by Gasteiger charge is -2.05. The number of hydrogen-bond acceptors (Lipinski definition) is 5. The molecule has 3 aromatic rings. The molecule has 9 heteroatoms. The molecule has 0 aliphatic carbocycles. The standard InChI is InChI=1S/C13H13ClN8/c14-8-3-1-7(2-4-8)5-22-6-18-9-10(19-12(15)16)20-13(17)21-11(9)22/h1-4,6H,5H2,(H6,15,16,17,19,20,21). The molecule has 0 bridgehead atoms. The normalized spacial score (nSPS) is 10.8. The highest BCUT2D eigenvalue weighted by Crippen LogP contribution is 2.23. The highest BCUT2D eigenvalue weighted by molar-refractivity contribution is 6.30. The van der Waals surface area contributed by atoms with E-state index in [9.17, 15) is 0 Å². The van der Waals surface area contributed by atoms with Crippen LogP contribution >= 0.6 is 11.6 Å². The molecule has 0 amide bonds. The minimum absolute atomic E-state index is 0.0744. The van der Waals surface area contributed by atoms with Crippen LogP contribution in [0, 0.1) is 0 Å². The van der Waals surface area contributed by atoms with Gasteiger partial charge in [0, 0.05) is 5.02 Å². The van der Waals surface area contributed by atoms with Crippen molar-refractivity contribution >= 4 is 40.5 Å². The topological polar surface area (TPSA) is 134 Å². The number of rotatable bonds is 3. The van der Waals surface area contributed by atoms with Crippen LogP contribution < -0.4 is 17.2 Å². The van der Waals surface area contributed by atoms with E-state index in [2.05, 4.69) is 19.9 Å². The zero-order valence-electron chi connectivity index (χ0n) is 11.4. The maximum absolute atomic E-state index is 5.88. The number of nitrogens with zero attached hydrogens (tertiary/aromatic N) is 5. The van der Waals surface area contributed by atoms with E-state index in [1.807, 2.05) is 28.8 Å². The summed E-state index contributed by atoms with van der Waals surface area (Å²) >= 11 is 5.88. The highest BCUT2D eigenvalue weighted by atomic mass is 35.5. The molecule has 6 N–H and O–H groups in total. The largest absolute Gasteiger partial charge is 0.370 e. The van der Waals surface area contributed by atoms with Crippen LogP contribution in [0.5, 0.6) is 0 Å². The molecular formula is C13H13ClN8. The van der Waals surface area contributed by atoms with E-state index in [0.29, 0.717) is 22.7 Å². The third-order valence-corrected chi connectivity index (χ3v) is 3.22. The summed E-state index contributed by atoms with van der Waals surface area (Å²) in [7, 11) is 0. The van der Waals surface area contributed by atoms with E-state index in [1.165, 1.54) is 0 Å². The van der Waals surface area contributed by atoms with E-state index >= 15 is 0 Å². The van der Waals surface area contributed by atoms with Gasteiger partial charge in [0.15, 0.2) is 22.9 Å². The van der Waals surface area contributed by atoms with Crippen LogP contribution in [0.25, 0.3) is 11.2 Å². The number of aliphatic imine (C=N–C) groups is 1. The third-order valence-electron chi connectivity index (χ3n) is 2.96. The number of aromatic nitrogens is 4. The van der Waals surface area contributed by atoms with Crippen molar-refractivity contribution in [2.75, 3.05) is 5.73 Å². The number of benzene rings is 1. The zero-order valence-corrected chi connectivity index (χ0v) is 12.2. The van der Waals surface area contributed by atoms with Crippen molar-refractivity contribution in [2.45, 2.75) is 6.54 Å².